The summed E-state index contributed by atoms with van der Waals surface area (Å²) in [7, 11) is 1.70. The van der Waals surface area contributed by atoms with Crippen molar-refractivity contribution in [3.63, 3.8) is 0 Å². The van der Waals surface area contributed by atoms with Gasteiger partial charge in [0.15, 0.2) is 0 Å². The highest BCUT2D eigenvalue weighted by atomic mass is 16.5. The number of nitrogens with zero attached hydrogens (tertiary/aromatic N) is 1. The SMILES string of the molecule is CCC1CN(C(C)c2ccc(OC)cc2)CCC1N. The second-order valence-corrected chi connectivity index (χ2v) is 5.56. The summed E-state index contributed by atoms with van der Waals surface area (Å²) in [5.74, 6) is 1.55. The standard InChI is InChI=1S/C16H26N2O/c1-4-13-11-18(10-9-16(13)17)12(2)14-5-7-15(19-3)8-6-14/h5-8,12-13,16H,4,9-11,17H2,1-3H3. The molecule has 0 aliphatic carbocycles. The smallest absolute Gasteiger partial charge is 0.118 e. The van der Waals surface area contributed by atoms with Gasteiger partial charge < -0.3 is 10.5 Å². The molecule has 106 valence electrons. The normalized spacial score (nSPS) is 26.1. The number of methoxy groups -OCH3 is 1. The summed E-state index contributed by atoms with van der Waals surface area (Å²) in [6, 6.07) is 9.24. The Morgan fingerprint density at radius 2 is 2.05 bits per heavy atom. The Morgan fingerprint density at radius 1 is 1.37 bits per heavy atom. The maximum absolute atomic E-state index is 6.19. The van der Waals surface area contributed by atoms with E-state index in [-0.39, 0.29) is 0 Å². The number of benzene rings is 1. The Morgan fingerprint density at radius 3 is 2.63 bits per heavy atom. The molecule has 0 spiro atoms. The molecule has 3 nitrogen and oxygen atoms in total. The summed E-state index contributed by atoms with van der Waals surface area (Å²) in [5.41, 5.74) is 7.54. The molecule has 19 heavy (non-hydrogen) atoms. The predicted octanol–water partition coefficient (Wildman–Crippen LogP) is 2.82. The molecule has 0 saturated carbocycles. The zero-order valence-electron chi connectivity index (χ0n) is 12.3. The van der Waals surface area contributed by atoms with Crippen LogP contribution in [0.1, 0.15) is 38.3 Å². The van der Waals surface area contributed by atoms with Gasteiger partial charge in [-0.1, -0.05) is 25.5 Å². The summed E-state index contributed by atoms with van der Waals surface area (Å²) < 4.78 is 5.21. The average Bonchev–Trinajstić information content (AvgIpc) is 2.47. The molecule has 3 atom stereocenters. The lowest BCUT2D eigenvalue weighted by atomic mass is 9.89. The third-order valence-corrected chi connectivity index (χ3v) is 4.49. The van der Waals surface area contributed by atoms with E-state index in [1.165, 1.54) is 12.0 Å². The Labute approximate surface area is 116 Å². The van der Waals surface area contributed by atoms with E-state index in [1.54, 1.807) is 7.11 Å². The van der Waals surface area contributed by atoms with Crippen molar-refractivity contribution in [2.24, 2.45) is 11.7 Å². The van der Waals surface area contributed by atoms with Gasteiger partial charge >= 0.3 is 0 Å². The predicted molar refractivity (Wildman–Crippen MR) is 79.4 cm³/mol. The molecular formula is C16H26N2O. The number of rotatable bonds is 4. The minimum Gasteiger partial charge on any atom is -0.497 e. The van der Waals surface area contributed by atoms with Gasteiger partial charge in [-0.3, -0.25) is 4.90 Å². The highest BCUT2D eigenvalue weighted by Crippen LogP contribution is 2.28. The molecule has 1 aromatic carbocycles. The van der Waals surface area contributed by atoms with Gasteiger partial charge in [0.2, 0.25) is 0 Å². The summed E-state index contributed by atoms with van der Waals surface area (Å²) in [5, 5.41) is 0. The van der Waals surface area contributed by atoms with Crippen LogP contribution in [0.25, 0.3) is 0 Å². The molecule has 1 aromatic rings. The Balaban J connectivity index is 2.04. The Hall–Kier alpha value is -1.06. The fourth-order valence-corrected chi connectivity index (χ4v) is 2.96. The number of ether oxygens (including phenoxy) is 1. The highest BCUT2D eigenvalue weighted by Gasteiger charge is 2.28. The van der Waals surface area contributed by atoms with Gasteiger partial charge in [-0.15, -0.1) is 0 Å². The molecule has 1 aliphatic heterocycles. The van der Waals surface area contributed by atoms with E-state index in [0.717, 1.165) is 25.3 Å². The number of hydrogen-bond donors (Lipinski definition) is 1. The number of piperidine rings is 1. The molecule has 1 aliphatic rings. The van der Waals surface area contributed by atoms with E-state index in [0.29, 0.717) is 18.0 Å². The fraction of sp³-hybridized carbons (Fsp3) is 0.625. The van der Waals surface area contributed by atoms with Gasteiger partial charge in [0.05, 0.1) is 7.11 Å². The molecule has 0 amide bonds. The second-order valence-electron chi connectivity index (χ2n) is 5.56. The van der Waals surface area contributed by atoms with Crippen molar-refractivity contribution in [2.45, 2.75) is 38.8 Å². The van der Waals surface area contributed by atoms with Crippen LogP contribution >= 0.6 is 0 Å². The number of hydrogen-bond acceptors (Lipinski definition) is 3. The molecule has 3 unspecified atom stereocenters. The molecule has 1 saturated heterocycles. The maximum Gasteiger partial charge on any atom is 0.118 e. The van der Waals surface area contributed by atoms with Crippen molar-refractivity contribution < 1.29 is 4.74 Å². The minimum atomic E-state index is 0.379. The third-order valence-electron chi connectivity index (χ3n) is 4.49. The molecule has 1 heterocycles. The van der Waals surface area contributed by atoms with Crippen molar-refractivity contribution in [3.05, 3.63) is 29.8 Å². The van der Waals surface area contributed by atoms with Gasteiger partial charge in [0.25, 0.3) is 0 Å². The van der Waals surface area contributed by atoms with Crippen LogP contribution in [0.3, 0.4) is 0 Å². The maximum atomic E-state index is 6.19. The van der Waals surface area contributed by atoms with Gasteiger partial charge in [0, 0.05) is 25.2 Å². The fourth-order valence-electron chi connectivity index (χ4n) is 2.96. The van der Waals surface area contributed by atoms with E-state index in [2.05, 4.69) is 30.9 Å². The first kappa shape index (κ1) is 14.4. The van der Waals surface area contributed by atoms with Crippen LogP contribution in [0.4, 0.5) is 0 Å². The number of likely N-dealkylation sites (tertiary alicyclic amines) is 1. The van der Waals surface area contributed by atoms with Crippen LogP contribution < -0.4 is 10.5 Å². The Kier molecular flexibility index (Phi) is 4.83. The van der Waals surface area contributed by atoms with E-state index < -0.39 is 0 Å². The zero-order valence-corrected chi connectivity index (χ0v) is 12.3. The number of nitrogens with two attached hydrogens (primary N) is 1. The van der Waals surface area contributed by atoms with Crippen LogP contribution in [-0.2, 0) is 0 Å². The first-order chi connectivity index (χ1) is 9.15. The van der Waals surface area contributed by atoms with Crippen molar-refractivity contribution in [2.75, 3.05) is 20.2 Å². The van der Waals surface area contributed by atoms with Crippen molar-refractivity contribution in [1.82, 2.24) is 4.90 Å². The van der Waals surface area contributed by atoms with E-state index in [1.807, 2.05) is 12.1 Å². The van der Waals surface area contributed by atoms with Gasteiger partial charge in [0.1, 0.15) is 5.75 Å². The highest BCUT2D eigenvalue weighted by molar-refractivity contribution is 5.29. The Bertz CT molecular complexity index is 390. The van der Waals surface area contributed by atoms with Gasteiger partial charge in [-0.05, 0) is 37.0 Å². The van der Waals surface area contributed by atoms with Gasteiger partial charge in [-0.2, -0.15) is 0 Å². The van der Waals surface area contributed by atoms with E-state index in [4.69, 9.17) is 10.5 Å². The molecular weight excluding hydrogens is 236 g/mol. The third kappa shape index (κ3) is 3.28. The van der Waals surface area contributed by atoms with E-state index in [9.17, 15) is 0 Å². The summed E-state index contributed by atoms with van der Waals surface area (Å²) in [4.78, 5) is 2.55. The lowest BCUT2D eigenvalue weighted by Crippen LogP contribution is -2.47. The molecule has 0 bridgehead atoms. The van der Waals surface area contributed by atoms with Crippen molar-refractivity contribution in [3.8, 4) is 5.75 Å². The second kappa shape index (κ2) is 6.40. The summed E-state index contributed by atoms with van der Waals surface area (Å²) in [6.07, 6.45) is 2.28. The molecule has 0 radical (unpaired) electrons. The first-order valence-electron chi connectivity index (χ1n) is 7.29. The molecule has 0 aromatic heterocycles. The summed E-state index contributed by atoms with van der Waals surface area (Å²) >= 11 is 0. The lowest BCUT2D eigenvalue weighted by Gasteiger charge is -2.40. The first-order valence-corrected chi connectivity index (χ1v) is 7.29. The zero-order chi connectivity index (χ0) is 13.8. The molecule has 2 rings (SSSR count). The van der Waals surface area contributed by atoms with Crippen molar-refractivity contribution >= 4 is 0 Å². The average molecular weight is 262 g/mol. The van der Waals surface area contributed by atoms with Crippen LogP contribution in [0.15, 0.2) is 24.3 Å². The van der Waals surface area contributed by atoms with Gasteiger partial charge in [-0.25, -0.2) is 0 Å². The van der Waals surface area contributed by atoms with Crippen LogP contribution in [0.5, 0.6) is 5.75 Å². The molecule has 1 fully saturated rings. The molecule has 2 N–H and O–H groups in total. The van der Waals surface area contributed by atoms with Crippen LogP contribution in [-0.4, -0.2) is 31.1 Å². The largest absolute Gasteiger partial charge is 0.497 e. The minimum absolute atomic E-state index is 0.379. The summed E-state index contributed by atoms with van der Waals surface area (Å²) in [6.45, 7) is 6.74. The topological polar surface area (TPSA) is 38.5 Å². The van der Waals surface area contributed by atoms with Crippen LogP contribution in [0, 0.1) is 5.92 Å². The molecule has 3 heteroatoms. The quantitative estimate of drug-likeness (QED) is 0.907. The van der Waals surface area contributed by atoms with Crippen molar-refractivity contribution in [1.29, 1.82) is 0 Å². The monoisotopic (exact) mass is 262 g/mol. The van der Waals surface area contributed by atoms with Crippen LogP contribution in [0.2, 0.25) is 0 Å². The lowest BCUT2D eigenvalue weighted by molar-refractivity contribution is 0.114. The van der Waals surface area contributed by atoms with E-state index >= 15 is 0 Å².